The minimum absolute atomic E-state index is 0.0199. The van der Waals surface area contributed by atoms with E-state index in [1.54, 1.807) is 41.3 Å². The van der Waals surface area contributed by atoms with Gasteiger partial charge in [-0.25, -0.2) is 53.0 Å². The van der Waals surface area contributed by atoms with E-state index in [9.17, 15) is 68.1 Å². The molecule has 3 heterocycles. The van der Waals surface area contributed by atoms with Gasteiger partial charge in [0.05, 0.1) is 114 Å². The van der Waals surface area contributed by atoms with E-state index in [4.69, 9.17) is 28.9 Å². The fourth-order valence-corrected chi connectivity index (χ4v) is 18.3. The molecule has 3 saturated heterocycles. The van der Waals surface area contributed by atoms with Gasteiger partial charge in [0, 0.05) is 79.3 Å². The van der Waals surface area contributed by atoms with Crippen LogP contribution in [0.25, 0.3) is 0 Å². The first-order valence-corrected chi connectivity index (χ1v) is 39.7. The van der Waals surface area contributed by atoms with Gasteiger partial charge in [-0.3, -0.25) is 14.6 Å². The normalized spacial score (nSPS) is 26.0. The van der Waals surface area contributed by atoms with Crippen molar-refractivity contribution in [2.75, 3.05) is 88.3 Å². The first kappa shape index (κ1) is 84.9. The Morgan fingerprint density at radius 1 is 0.505 bits per heavy atom. The number of nitrogens with zero attached hydrogens (tertiary/aromatic N) is 9. The molecule has 0 aromatic heterocycles. The molecule has 9 atom stereocenters. The molecule has 25 nitrogen and oxygen atoms in total. The molecule has 0 radical (unpaired) electrons. The molecule has 3 aliphatic heterocycles. The highest BCUT2D eigenvalue weighted by Crippen LogP contribution is 2.40. The van der Waals surface area contributed by atoms with Gasteiger partial charge in [0.15, 0.2) is 0 Å². The molecule has 103 heavy (non-hydrogen) atoms. The van der Waals surface area contributed by atoms with E-state index in [2.05, 4.69) is 22.9 Å². The lowest BCUT2D eigenvalue weighted by atomic mass is 9.82. The van der Waals surface area contributed by atoms with Crippen LogP contribution in [0.3, 0.4) is 0 Å². The average molecular weight is 1500 g/mol. The van der Waals surface area contributed by atoms with Crippen molar-refractivity contribution in [1.29, 1.82) is 15.8 Å². The molecule has 570 valence electrons. The molecule has 0 spiro atoms. The summed E-state index contributed by atoms with van der Waals surface area (Å²) in [6, 6.07) is 23.2. The van der Waals surface area contributed by atoms with Gasteiger partial charge in [0.2, 0.25) is 20.0 Å². The van der Waals surface area contributed by atoms with Crippen LogP contribution in [0.1, 0.15) is 163 Å². The van der Waals surface area contributed by atoms with Crippen molar-refractivity contribution in [3.63, 3.8) is 0 Å². The Kier molecular flexibility index (Phi) is 32.9. The number of ketones is 1. The van der Waals surface area contributed by atoms with Crippen molar-refractivity contribution >= 4 is 54.3 Å². The summed E-state index contributed by atoms with van der Waals surface area (Å²) in [7, 11) is 2.02. The number of methoxy groups -OCH3 is 3. The summed E-state index contributed by atoms with van der Waals surface area (Å²) in [6.07, 6.45) is 10.1. The Labute approximate surface area is 607 Å². The monoisotopic (exact) mass is 1500 g/mol. The van der Waals surface area contributed by atoms with Crippen LogP contribution < -0.4 is 4.72 Å². The predicted octanol–water partition coefficient (Wildman–Crippen LogP) is 10.3. The number of carbonyl (C=O) groups is 4. The summed E-state index contributed by atoms with van der Waals surface area (Å²) in [5, 5.41) is 27.4. The molecule has 9 rings (SSSR count). The van der Waals surface area contributed by atoms with Crippen molar-refractivity contribution in [3.05, 3.63) is 107 Å². The van der Waals surface area contributed by atoms with Crippen molar-refractivity contribution in [1.82, 2.24) is 32.3 Å². The number of nitrogens with one attached hydrogen (secondary N) is 1. The Morgan fingerprint density at radius 3 is 1.18 bits per heavy atom. The molecule has 3 saturated carbocycles. The third-order valence-corrected chi connectivity index (χ3v) is 26.1. The van der Waals surface area contributed by atoms with Crippen LogP contribution in [0.5, 0.6) is 0 Å². The first-order chi connectivity index (χ1) is 48.8. The quantitative estimate of drug-likeness (QED) is 0.0914. The van der Waals surface area contributed by atoms with E-state index < -0.39 is 78.7 Å². The highest BCUT2D eigenvalue weighted by Gasteiger charge is 2.49. The van der Waals surface area contributed by atoms with Gasteiger partial charge >= 0.3 is 18.3 Å². The molecule has 6 aliphatic rings. The first-order valence-electron chi connectivity index (χ1n) is 35.1. The van der Waals surface area contributed by atoms with Gasteiger partial charge < -0.3 is 28.6 Å². The molecule has 3 aromatic rings. The minimum atomic E-state index is -3.76. The Bertz CT molecular complexity index is 3600. The number of sulfonamides is 2. The molecule has 31 heteroatoms. The number of carbonyl (C=O) groups excluding carboxylic acids is 4. The Morgan fingerprint density at radius 2 is 0.845 bits per heavy atom. The summed E-state index contributed by atoms with van der Waals surface area (Å²) in [5.41, 5.74) is 3.03. The molecule has 6 fully saturated rings. The fourth-order valence-electron chi connectivity index (χ4n) is 15.0. The van der Waals surface area contributed by atoms with E-state index in [0.29, 0.717) is 43.8 Å². The van der Waals surface area contributed by atoms with Crippen molar-refractivity contribution in [2.24, 2.45) is 11.8 Å². The summed E-state index contributed by atoms with van der Waals surface area (Å²) >= 11 is 0. The van der Waals surface area contributed by atoms with Gasteiger partial charge in [0.25, 0.3) is 10.2 Å². The molecule has 1 N–H and O–H groups in total. The smallest absolute Gasteiger partial charge is 0.410 e. The standard InChI is InChI=1S/C24H34FN3O5S.C23H33FN4O5S.C13H23N3O4S.C12H13FO/c1-27(2)34(30,31)16-19-14-21(11-12-26)28(24(29)32-3)23(19)15-33-22-9-7-17(8-10-22)18-5-4-6-20(25)13-18;1-27(2)34(30,31)26-21-14-19(11-12-25)28(23(29)32-3)22(21)15-33-20-9-7-16(8-10-20)17-5-4-6-18(24)13-17;1-5-12-10(9-21(18,19)15(2)3)8-11(6-7-14)16(12)13(17)20-4;13-11-3-1-2-10(8-11)9-4-6-12(14)7-5-9/h4-6,13,17,19,21-23H,7-11,14-16H2,1-3H3;4-6,13,16,19-22,26H,7-11,14-15H2,1-3H3;10-12H,5-6,8-9H2,1-4H3;1-3,8-9H,4-7H2/t17?,19-,21-,22?,23+;16?,19-,20?,21+,22+;10-,11-,12+;/m111./s1. The molecule has 0 bridgehead atoms. The number of rotatable bonds is 22. The second-order valence-corrected chi connectivity index (χ2v) is 34.1. The van der Waals surface area contributed by atoms with Crippen LogP contribution >= 0.6 is 0 Å². The van der Waals surface area contributed by atoms with Crippen LogP contribution in [0, 0.1) is 63.3 Å². The number of ether oxygens (including phenoxy) is 5. The summed E-state index contributed by atoms with van der Waals surface area (Å²) < 4.78 is 148. The molecular weight excluding hydrogens is 1400 g/mol. The Hall–Kier alpha value is -6.99. The second-order valence-electron chi connectivity index (χ2n) is 27.7. The van der Waals surface area contributed by atoms with Gasteiger partial charge in [0.1, 0.15) is 23.2 Å². The van der Waals surface area contributed by atoms with Crippen LogP contribution in [-0.4, -0.2) is 220 Å². The van der Waals surface area contributed by atoms with Crippen LogP contribution in [-0.2, 0) is 58.7 Å². The highest BCUT2D eigenvalue weighted by molar-refractivity contribution is 7.89. The molecule has 0 unspecified atom stereocenters. The maximum absolute atomic E-state index is 13.6. The number of amides is 3. The summed E-state index contributed by atoms with van der Waals surface area (Å²) in [5.74, 6) is -0.0682. The zero-order valence-electron chi connectivity index (χ0n) is 60.8. The summed E-state index contributed by atoms with van der Waals surface area (Å²) in [4.78, 5) is 52.6. The van der Waals surface area contributed by atoms with E-state index >= 15 is 0 Å². The van der Waals surface area contributed by atoms with E-state index in [1.165, 1.54) is 100 Å². The van der Waals surface area contributed by atoms with Crippen LogP contribution in [0.15, 0.2) is 72.8 Å². The lowest BCUT2D eigenvalue weighted by Gasteiger charge is -2.33. The second kappa shape index (κ2) is 39.9. The minimum Gasteiger partial charge on any atom is -0.453 e. The topological polar surface area (TPSA) is 320 Å². The number of halogens is 3. The SMILES string of the molecule is CC[C@H]1[C@@H](CS(=O)(=O)N(C)C)C[C@@H](CC#N)N1C(=O)OC.COC(=O)N1[C@H](CC#N)C[C@H](CS(=O)(=O)N(C)C)[C@@H]1COC1CCC(c2cccc(F)c2)CC1.COC(=O)N1[C@H](CC#N)C[C@H](NS(=O)(=O)N(C)C)[C@@H]1COC1CCC(c2cccc(F)c2)CC1.O=C1CCC(c2cccc(F)c2)CC1. The van der Waals surface area contributed by atoms with Gasteiger partial charge in [-0.2, -0.15) is 33.2 Å². The third kappa shape index (κ3) is 24.0. The van der Waals surface area contributed by atoms with Gasteiger partial charge in [-0.15, -0.1) is 0 Å². The molecule has 3 amide bonds. The molecule has 3 aliphatic carbocycles. The zero-order chi connectivity index (χ0) is 75.9. The van der Waals surface area contributed by atoms with Crippen molar-refractivity contribution in [2.45, 2.75) is 201 Å². The predicted molar refractivity (Wildman–Crippen MR) is 379 cm³/mol. The maximum atomic E-state index is 13.6. The lowest BCUT2D eigenvalue weighted by molar-refractivity contribution is -0.120. The van der Waals surface area contributed by atoms with E-state index in [0.717, 1.165) is 85.2 Å². The number of nitriles is 3. The average Bonchev–Trinajstić information content (AvgIpc) is 1.66. The fraction of sp³-hybridized carbons (Fsp3) is 0.653. The Balaban J connectivity index is 0.000000227. The van der Waals surface area contributed by atoms with Crippen LogP contribution in [0.2, 0.25) is 0 Å². The van der Waals surface area contributed by atoms with E-state index in [1.807, 2.05) is 25.1 Å². The summed E-state index contributed by atoms with van der Waals surface area (Å²) in [6.45, 7) is 2.21. The van der Waals surface area contributed by atoms with Gasteiger partial charge in [-0.1, -0.05) is 43.3 Å². The van der Waals surface area contributed by atoms with E-state index in [-0.39, 0.29) is 116 Å². The third-order valence-electron chi connectivity index (χ3n) is 20.6. The highest BCUT2D eigenvalue weighted by atomic mass is 32.2. The zero-order valence-corrected chi connectivity index (χ0v) is 63.2. The van der Waals surface area contributed by atoms with Crippen molar-refractivity contribution < 1.29 is 81.3 Å². The number of Topliss-reactive ketones (excluding diaryl/α,β-unsaturated/α-hetero) is 1. The number of hydrogen-bond acceptors (Lipinski definition) is 18. The number of hydrogen-bond donors (Lipinski definition) is 1. The maximum Gasteiger partial charge on any atom is 0.410 e. The molecular formula is C72H103F3N10O15S3. The largest absolute Gasteiger partial charge is 0.453 e. The van der Waals surface area contributed by atoms with Crippen LogP contribution in [0.4, 0.5) is 27.6 Å². The van der Waals surface area contributed by atoms with Crippen molar-refractivity contribution in [3.8, 4) is 18.2 Å². The number of benzene rings is 3. The lowest BCUT2D eigenvalue weighted by Crippen LogP contribution is -2.52. The van der Waals surface area contributed by atoms with Gasteiger partial charge in [-0.05, 0) is 173 Å². The number of likely N-dealkylation sites (tertiary alicyclic amines) is 3. The molecule has 3 aromatic carbocycles.